The molecule has 0 bridgehead atoms. The zero-order valence-corrected chi connectivity index (χ0v) is 14.8. The highest BCUT2D eigenvalue weighted by molar-refractivity contribution is 7.10. The maximum atomic E-state index is 12.6. The number of hydrogen-bond donors (Lipinski definition) is 1. The molecule has 1 atom stereocenters. The molecule has 2 rings (SSSR count). The zero-order valence-electron chi connectivity index (χ0n) is 14.0. The maximum absolute atomic E-state index is 12.6. The highest BCUT2D eigenvalue weighted by Gasteiger charge is 2.20. The third kappa shape index (κ3) is 4.26. The molecule has 0 aliphatic heterocycles. The van der Waals surface area contributed by atoms with Crippen LogP contribution in [0.15, 0.2) is 35.7 Å². The van der Waals surface area contributed by atoms with Gasteiger partial charge in [0.2, 0.25) is 0 Å². The van der Waals surface area contributed by atoms with E-state index in [-0.39, 0.29) is 11.9 Å². The first-order valence-corrected chi connectivity index (χ1v) is 8.59. The van der Waals surface area contributed by atoms with Crippen LogP contribution in [-0.4, -0.2) is 19.6 Å². The molecule has 1 amide bonds. The van der Waals surface area contributed by atoms with Gasteiger partial charge in [0.15, 0.2) is 11.5 Å². The highest BCUT2D eigenvalue weighted by atomic mass is 32.1. The van der Waals surface area contributed by atoms with E-state index in [1.807, 2.05) is 24.4 Å². The summed E-state index contributed by atoms with van der Waals surface area (Å²) in [6.45, 7) is 6.66. The highest BCUT2D eigenvalue weighted by Crippen LogP contribution is 2.29. The van der Waals surface area contributed by atoms with Gasteiger partial charge < -0.3 is 14.8 Å². The van der Waals surface area contributed by atoms with Crippen molar-refractivity contribution in [2.24, 2.45) is 5.92 Å². The first-order valence-electron chi connectivity index (χ1n) is 7.71. The van der Waals surface area contributed by atoms with Gasteiger partial charge in [-0.25, -0.2) is 0 Å². The molecule has 0 saturated heterocycles. The van der Waals surface area contributed by atoms with Gasteiger partial charge >= 0.3 is 0 Å². The number of thiophene rings is 1. The minimum Gasteiger partial charge on any atom is -0.493 e. The Kier molecular flexibility index (Phi) is 6.04. The Balaban J connectivity index is 2.19. The summed E-state index contributed by atoms with van der Waals surface area (Å²) in [6.07, 6.45) is 0. The molecular weight excluding hydrogens is 310 g/mol. The topological polar surface area (TPSA) is 47.6 Å². The van der Waals surface area contributed by atoms with E-state index in [0.717, 1.165) is 4.88 Å². The van der Waals surface area contributed by atoms with Gasteiger partial charge in [0.1, 0.15) is 0 Å². The fraction of sp³-hybridized carbons (Fsp3) is 0.389. The zero-order chi connectivity index (χ0) is 16.8. The van der Waals surface area contributed by atoms with Gasteiger partial charge in [-0.1, -0.05) is 19.9 Å². The number of nitrogens with one attached hydrogen (secondary N) is 1. The predicted molar refractivity (Wildman–Crippen MR) is 93.5 cm³/mol. The van der Waals surface area contributed by atoms with Crippen LogP contribution in [0.4, 0.5) is 0 Å². The van der Waals surface area contributed by atoms with Crippen molar-refractivity contribution in [3.63, 3.8) is 0 Å². The summed E-state index contributed by atoms with van der Waals surface area (Å²) in [6, 6.07) is 9.30. The Morgan fingerprint density at radius 2 is 2.04 bits per heavy atom. The van der Waals surface area contributed by atoms with Crippen molar-refractivity contribution in [3.8, 4) is 11.5 Å². The van der Waals surface area contributed by atoms with Crippen molar-refractivity contribution >= 4 is 17.2 Å². The summed E-state index contributed by atoms with van der Waals surface area (Å²) in [5.41, 5.74) is 0.563. The Morgan fingerprint density at radius 3 is 2.61 bits per heavy atom. The first-order chi connectivity index (χ1) is 11.1. The normalized spacial score (nSPS) is 12.0. The fourth-order valence-electron chi connectivity index (χ4n) is 2.34. The van der Waals surface area contributed by atoms with Crippen molar-refractivity contribution in [1.29, 1.82) is 0 Å². The van der Waals surface area contributed by atoms with E-state index < -0.39 is 0 Å². The summed E-state index contributed by atoms with van der Waals surface area (Å²) in [5, 5.41) is 5.14. The summed E-state index contributed by atoms with van der Waals surface area (Å²) in [7, 11) is 1.57. The molecule has 0 saturated carbocycles. The number of amides is 1. The lowest BCUT2D eigenvalue weighted by atomic mass is 10.0. The number of carbonyl (C=O) groups is 1. The Bertz CT molecular complexity index is 638. The average molecular weight is 333 g/mol. The second kappa shape index (κ2) is 8.02. The van der Waals surface area contributed by atoms with Gasteiger partial charge in [-0.2, -0.15) is 0 Å². The second-order valence-electron chi connectivity index (χ2n) is 5.51. The fourth-order valence-corrected chi connectivity index (χ4v) is 3.29. The van der Waals surface area contributed by atoms with E-state index in [0.29, 0.717) is 29.6 Å². The lowest BCUT2D eigenvalue weighted by Gasteiger charge is -2.21. The standard InChI is InChI=1S/C18H23NO3S/c1-5-22-14-9-8-13(11-15(14)21-4)18(20)19-17(12(2)3)16-7-6-10-23-16/h6-12,17H,5H2,1-4H3,(H,19,20)/t17-/m0/s1. The Labute approximate surface area is 141 Å². The maximum Gasteiger partial charge on any atom is 0.251 e. The van der Waals surface area contributed by atoms with Crippen molar-refractivity contribution in [2.45, 2.75) is 26.8 Å². The minimum atomic E-state index is -0.113. The van der Waals surface area contributed by atoms with Crippen molar-refractivity contribution in [1.82, 2.24) is 5.32 Å². The van der Waals surface area contributed by atoms with Crippen LogP contribution in [0.25, 0.3) is 0 Å². The second-order valence-corrected chi connectivity index (χ2v) is 6.49. The van der Waals surface area contributed by atoms with Crippen molar-refractivity contribution < 1.29 is 14.3 Å². The van der Waals surface area contributed by atoms with Gasteiger partial charge in [0.25, 0.3) is 5.91 Å². The molecule has 1 aromatic heterocycles. The third-order valence-electron chi connectivity index (χ3n) is 3.53. The summed E-state index contributed by atoms with van der Waals surface area (Å²) < 4.78 is 10.8. The van der Waals surface area contributed by atoms with Crippen LogP contribution in [0.3, 0.4) is 0 Å². The predicted octanol–water partition coefficient (Wildman–Crippen LogP) is 4.28. The van der Waals surface area contributed by atoms with Gasteiger partial charge in [0, 0.05) is 10.4 Å². The van der Waals surface area contributed by atoms with Crippen LogP contribution in [0.2, 0.25) is 0 Å². The van der Waals surface area contributed by atoms with E-state index in [1.54, 1.807) is 36.6 Å². The van der Waals surface area contributed by atoms with E-state index in [2.05, 4.69) is 19.2 Å². The van der Waals surface area contributed by atoms with Gasteiger partial charge in [0.05, 0.1) is 19.8 Å². The van der Waals surface area contributed by atoms with Crippen molar-refractivity contribution in [3.05, 3.63) is 46.2 Å². The Hall–Kier alpha value is -2.01. The van der Waals surface area contributed by atoms with Gasteiger partial charge in [-0.15, -0.1) is 11.3 Å². The smallest absolute Gasteiger partial charge is 0.251 e. The molecule has 124 valence electrons. The molecule has 23 heavy (non-hydrogen) atoms. The number of methoxy groups -OCH3 is 1. The van der Waals surface area contributed by atoms with Gasteiger partial charge in [-0.05, 0) is 42.5 Å². The monoisotopic (exact) mass is 333 g/mol. The van der Waals surface area contributed by atoms with Crippen LogP contribution >= 0.6 is 11.3 Å². The first kappa shape index (κ1) is 17.3. The summed E-state index contributed by atoms with van der Waals surface area (Å²) in [5.74, 6) is 1.41. The molecule has 0 spiro atoms. The lowest BCUT2D eigenvalue weighted by Crippen LogP contribution is -2.31. The molecular formula is C18H23NO3S. The van der Waals surface area contributed by atoms with Gasteiger partial charge in [-0.3, -0.25) is 4.79 Å². The largest absolute Gasteiger partial charge is 0.493 e. The molecule has 0 unspecified atom stereocenters. The number of carbonyl (C=O) groups excluding carboxylic acids is 1. The molecule has 0 radical (unpaired) electrons. The molecule has 1 aromatic carbocycles. The summed E-state index contributed by atoms with van der Waals surface area (Å²) >= 11 is 1.65. The number of hydrogen-bond acceptors (Lipinski definition) is 4. The molecule has 1 heterocycles. The third-order valence-corrected chi connectivity index (χ3v) is 4.48. The minimum absolute atomic E-state index is 0.0000586. The van der Waals surface area contributed by atoms with E-state index in [9.17, 15) is 4.79 Å². The van der Waals surface area contributed by atoms with Crippen LogP contribution in [0, 0.1) is 5.92 Å². The molecule has 0 fully saturated rings. The average Bonchev–Trinajstić information content (AvgIpc) is 3.06. The van der Waals surface area contributed by atoms with E-state index in [4.69, 9.17) is 9.47 Å². The quantitative estimate of drug-likeness (QED) is 0.822. The number of ether oxygens (including phenoxy) is 2. The molecule has 1 N–H and O–H groups in total. The molecule has 5 heteroatoms. The van der Waals surface area contributed by atoms with Crippen LogP contribution < -0.4 is 14.8 Å². The lowest BCUT2D eigenvalue weighted by molar-refractivity contribution is 0.0926. The summed E-state index contributed by atoms with van der Waals surface area (Å²) in [4.78, 5) is 13.7. The molecule has 0 aliphatic rings. The van der Waals surface area contributed by atoms with Crippen LogP contribution in [-0.2, 0) is 0 Å². The van der Waals surface area contributed by atoms with E-state index >= 15 is 0 Å². The number of rotatable bonds is 7. The SMILES string of the molecule is CCOc1ccc(C(=O)N[C@H](c2cccs2)C(C)C)cc1OC. The molecule has 0 aliphatic carbocycles. The Morgan fingerprint density at radius 1 is 1.26 bits per heavy atom. The van der Waals surface area contributed by atoms with E-state index in [1.165, 1.54) is 0 Å². The number of benzene rings is 1. The van der Waals surface area contributed by atoms with Crippen LogP contribution in [0.5, 0.6) is 11.5 Å². The molecule has 2 aromatic rings. The van der Waals surface area contributed by atoms with Crippen molar-refractivity contribution in [2.75, 3.05) is 13.7 Å². The van der Waals surface area contributed by atoms with Crippen LogP contribution in [0.1, 0.15) is 42.0 Å². The molecule has 4 nitrogen and oxygen atoms in total.